The van der Waals surface area contributed by atoms with Gasteiger partial charge in [0.2, 0.25) is 11.9 Å². The van der Waals surface area contributed by atoms with Crippen molar-refractivity contribution in [2.75, 3.05) is 15.4 Å². The number of carbonyl (C=O) groups is 2. The molecule has 1 aromatic carbocycles. The Hall–Kier alpha value is -3.86. The largest absolute Gasteiger partial charge is 0.322 e. The molecule has 0 fully saturated rings. The van der Waals surface area contributed by atoms with Gasteiger partial charge in [0.1, 0.15) is 5.82 Å². The van der Waals surface area contributed by atoms with Crippen LogP contribution in [-0.2, 0) is 14.8 Å². The molecule has 2 heterocycles. The number of carbonyl (C=O) groups excluding carboxylic acids is 2. The summed E-state index contributed by atoms with van der Waals surface area (Å²) in [6.07, 6.45) is 1.40. The summed E-state index contributed by atoms with van der Waals surface area (Å²) in [5, 5.41) is 5.16. The molecular formula is C20H20N6O4S. The molecule has 0 radical (unpaired) electrons. The highest BCUT2D eigenvalue weighted by molar-refractivity contribution is 7.92. The molecule has 0 unspecified atom stereocenters. The molecule has 160 valence electrons. The lowest BCUT2D eigenvalue weighted by atomic mass is 10.2. The van der Waals surface area contributed by atoms with Gasteiger partial charge < -0.3 is 10.6 Å². The van der Waals surface area contributed by atoms with Crippen molar-refractivity contribution in [2.24, 2.45) is 0 Å². The second-order valence-electron chi connectivity index (χ2n) is 6.67. The topological polar surface area (TPSA) is 143 Å². The van der Waals surface area contributed by atoms with E-state index in [-0.39, 0.29) is 28.1 Å². The number of aromatic nitrogens is 3. The summed E-state index contributed by atoms with van der Waals surface area (Å²) >= 11 is 0. The smallest absolute Gasteiger partial charge is 0.264 e. The van der Waals surface area contributed by atoms with Crippen LogP contribution in [0.2, 0.25) is 0 Å². The molecule has 11 heteroatoms. The fourth-order valence-electron chi connectivity index (χ4n) is 2.69. The van der Waals surface area contributed by atoms with E-state index in [1.807, 2.05) is 0 Å². The second kappa shape index (κ2) is 8.88. The average Bonchev–Trinajstić information content (AvgIpc) is 2.67. The highest BCUT2D eigenvalue weighted by Gasteiger charge is 2.16. The zero-order valence-corrected chi connectivity index (χ0v) is 17.8. The zero-order chi connectivity index (χ0) is 22.6. The average molecular weight is 440 g/mol. The van der Waals surface area contributed by atoms with Gasteiger partial charge >= 0.3 is 0 Å². The molecule has 3 aromatic rings. The third-order valence-corrected chi connectivity index (χ3v) is 5.30. The molecule has 0 spiro atoms. The molecule has 0 saturated heterocycles. The highest BCUT2D eigenvalue weighted by Crippen LogP contribution is 2.18. The number of rotatable bonds is 6. The fourth-order valence-corrected chi connectivity index (χ4v) is 3.64. The molecule has 2 aromatic heterocycles. The van der Waals surface area contributed by atoms with Crippen molar-refractivity contribution in [3.8, 4) is 0 Å². The van der Waals surface area contributed by atoms with Gasteiger partial charge in [-0.05, 0) is 56.3 Å². The van der Waals surface area contributed by atoms with Gasteiger partial charge in [-0.15, -0.1) is 0 Å². The van der Waals surface area contributed by atoms with Gasteiger partial charge in [0, 0.05) is 35.8 Å². The summed E-state index contributed by atoms with van der Waals surface area (Å²) in [4.78, 5) is 35.7. The Kier molecular flexibility index (Phi) is 6.25. The number of sulfonamides is 1. The van der Waals surface area contributed by atoms with E-state index < -0.39 is 15.9 Å². The summed E-state index contributed by atoms with van der Waals surface area (Å²) in [6, 6.07) is 10.3. The molecule has 3 rings (SSSR count). The van der Waals surface area contributed by atoms with Gasteiger partial charge in [0.15, 0.2) is 0 Å². The molecule has 0 aliphatic rings. The predicted octanol–water partition coefficient (Wildman–Crippen LogP) is 2.50. The Bertz CT molecular complexity index is 1220. The SMILES string of the molecule is CC(=O)Nc1cc(C(=O)Nc2ccc(S(=O)(=O)Nc3nc(C)cc(C)n3)cc2)ccn1. The summed E-state index contributed by atoms with van der Waals surface area (Å²) in [5.41, 5.74) is 1.95. The first-order valence-electron chi connectivity index (χ1n) is 9.12. The van der Waals surface area contributed by atoms with Crippen molar-refractivity contribution in [3.05, 3.63) is 65.6 Å². The third-order valence-electron chi connectivity index (χ3n) is 3.96. The van der Waals surface area contributed by atoms with Crippen LogP contribution in [0.4, 0.5) is 17.5 Å². The van der Waals surface area contributed by atoms with Gasteiger partial charge in [0.05, 0.1) is 4.90 Å². The molecule has 0 atom stereocenters. The van der Waals surface area contributed by atoms with E-state index in [9.17, 15) is 18.0 Å². The molecule has 31 heavy (non-hydrogen) atoms. The number of hydrogen-bond acceptors (Lipinski definition) is 7. The van der Waals surface area contributed by atoms with Crippen molar-refractivity contribution in [1.29, 1.82) is 0 Å². The van der Waals surface area contributed by atoms with E-state index in [1.165, 1.54) is 49.5 Å². The fraction of sp³-hybridized carbons (Fsp3) is 0.150. The Balaban J connectivity index is 1.72. The summed E-state index contributed by atoms with van der Waals surface area (Å²) < 4.78 is 27.5. The number of anilines is 3. The first-order chi connectivity index (χ1) is 14.6. The Morgan fingerprint density at radius 3 is 2.16 bits per heavy atom. The van der Waals surface area contributed by atoms with Crippen LogP contribution in [0, 0.1) is 13.8 Å². The number of hydrogen-bond donors (Lipinski definition) is 3. The molecule has 3 N–H and O–H groups in total. The molecule has 2 amide bonds. The predicted molar refractivity (Wildman–Crippen MR) is 115 cm³/mol. The van der Waals surface area contributed by atoms with Crippen LogP contribution in [0.1, 0.15) is 28.7 Å². The van der Waals surface area contributed by atoms with Crippen LogP contribution in [0.5, 0.6) is 0 Å². The Labute approximate surface area is 179 Å². The summed E-state index contributed by atoms with van der Waals surface area (Å²) in [5.74, 6) is -0.503. The summed E-state index contributed by atoms with van der Waals surface area (Å²) in [6.45, 7) is 4.82. The van der Waals surface area contributed by atoms with E-state index in [2.05, 4.69) is 30.3 Å². The Morgan fingerprint density at radius 2 is 1.55 bits per heavy atom. The van der Waals surface area contributed by atoms with Crippen LogP contribution in [0.15, 0.2) is 53.6 Å². The van der Waals surface area contributed by atoms with E-state index >= 15 is 0 Å². The lowest BCUT2D eigenvalue weighted by Gasteiger charge is -2.10. The first kappa shape index (κ1) is 21.8. The molecule has 10 nitrogen and oxygen atoms in total. The lowest BCUT2D eigenvalue weighted by molar-refractivity contribution is -0.114. The maximum absolute atomic E-state index is 12.6. The van der Waals surface area contributed by atoms with Crippen LogP contribution >= 0.6 is 0 Å². The van der Waals surface area contributed by atoms with Crippen molar-refractivity contribution in [1.82, 2.24) is 15.0 Å². The number of nitrogens with zero attached hydrogens (tertiary/aromatic N) is 3. The van der Waals surface area contributed by atoms with E-state index in [0.29, 0.717) is 17.1 Å². The normalized spacial score (nSPS) is 10.9. The van der Waals surface area contributed by atoms with Crippen LogP contribution < -0.4 is 15.4 Å². The molecule has 0 aliphatic carbocycles. The minimum absolute atomic E-state index is 0.00915. The van der Waals surface area contributed by atoms with Gasteiger partial charge in [-0.25, -0.2) is 28.1 Å². The van der Waals surface area contributed by atoms with Crippen LogP contribution in [0.3, 0.4) is 0 Å². The molecule has 0 bridgehead atoms. The quantitative estimate of drug-likeness (QED) is 0.534. The standard InChI is InChI=1S/C20H20N6O4S/c1-12-10-13(2)23-20(22-12)26-31(29,30)17-6-4-16(5-7-17)25-19(28)15-8-9-21-18(11-15)24-14(3)27/h4-11H,1-3H3,(H,25,28)(H,21,24,27)(H,22,23,26). The van der Waals surface area contributed by atoms with Crippen LogP contribution in [-0.4, -0.2) is 35.2 Å². The molecule has 0 saturated carbocycles. The van der Waals surface area contributed by atoms with Crippen molar-refractivity contribution >= 4 is 39.3 Å². The second-order valence-corrected chi connectivity index (χ2v) is 8.35. The van der Waals surface area contributed by atoms with Crippen molar-refractivity contribution in [2.45, 2.75) is 25.7 Å². The maximum Gasteiger partial charge on any atom is 0.264 e. The minimum atomic E-state index is -3.90. The van der Waals surface area contributed by atoms with Gasteiger partial charge in [-0.2, -0.15) is 0 Å². The van der Waals surface area contributed by atoms with Gasteiger partial charge in [-0.1, -0.05) is 0 Å². The van der Waals surface area contributed by atoms with E-state index in [4.69, 9.17) is 0 Å². The van der Waals surface area contributed by atoms with Gasteiger partial charge in [0.25, 0.3) is 15.9 Å². The number of nitrogens with one attached hydrogen (secondary N) is 3. The third kappa shape index (κ3) is 5.82. The summed E-state index contributed by atoms with van der Waals surface area (Å²) in [7, 11) is -3.90. The Morgan fingerprint density at radius 1 is 0.903 bits per heavy atom. The van der Waals surface area contributed by atoms with Crippen molar-refractivity contribution < 1.29 is 18.0 Å². The number of amides is 2. The molecular weight excluding hydrogens is 420 g/mol. The van der Waals surface area contributed by atoms with E-state index in [0.717, 1.165) is 0 Å². The van der Waals surface area contributed by atoms with Gasteiger partial charge in [-0.3, -0.25) is 9.59 Å². The highest BCUT2D eigenvalue weighted by atomic mass is 32.2. The number of benzene rings is 1. The monoisotopic (exact) mass is 440 g/mol. The molecule has 0 aliphatic heterocycles. The van der Waals surface area contributed by atoms with Crippen molar-refractivity contribution in [3.63, 3.8) is 0 Å². The number of aryl methyl sites for hydroxylation is 2. The maximum atomic E-state index is 12.6. The minimum Gasteiger partial charge on any atom is -0.322 e. The van der Waals surface area contributed by atoms with Crippen LogP contribution in [0.25, 0.3) is 0 Å². The first-order valence-corrected chi connectivity index (χ1v) is 10.6. The number of pyridine rings is 1. The zero-order valence-electron chi connectivity index (χ0n) is 17.0. The lowest BCUT2D eigenvalue weighted by Crippen LogP contribution is -2.16. The van der Waals surface area contributed by atoms with E-state index in [1.54, 1.807) is 19.9 Å².